The number of thiophene rings is 1. The summed E-state index contributed by atoms with van der Waals surface area (Å²) in [7, 11) is -2.50. The van der Waals surface area contributed by atoms with Gasteiger partial charge in [0.15, 0.2) is 11.5 Å². The fourth-order valence-electron chi connectivity index (χ4n) is 9.18. The molecule has 0 spiro atoms. The molecule has 4 aromatic rings. The fourth-order valence-corrected chi connectivity index (χ4v) is 15.0. The van der Waals surface area contributed by atoms with E-state index in [1.54, 1.807) is 0 Å². The Morgan fingerprint density at radius 2 is 1.70 bits per heavy atom. The van der Waals surface area contributed by atoms with Gasteiger partial charge in [-0.05, 0) is 117 Å². The quantitative estimate of drug-likeness (QED) is 0.0647. The third-order valence-electron chi connectivity index (χ3n) is 11.7. The lowest BCUT2D eigenvalue weighted by molar-refractivity contribution is -0.140. The van der Waals surface area contributed by atoms with Gasteiger partial charge in [-0.2, -0.15) is 0 Å². The molecular formula is C44H49BINO7SSi. The highest BCUT2D eigenvalue weighted by Crippen LogP contribution is 2.51. The predicted octanol–water partition coefficient (Wildman–Crippen LogP) is 7.82. The number of phenols is 1. The number of fused-ring (bicyclic) bond motifs is 3. The molecule has 0 radical (unpaired) electrons. The number of hydrogen-bond acceptors (Lipinski definition) is 8. The highest BCUT2D eigenvalue weighted by atomic mass is 127. The maximum absolute atomic E-state index is 14.3. The molecule has 1 aromatic heterocycles. The van der Waals surface area contributed by atoms with E-state index >= 15 is 0 Å². The molecular weight excluding hydrogens is 852 g/mol. The number of ether oxygens (including phenoxy) is 1. The zero-order chi connectivity index (χ0) is 39.8. The lowest BCUT2D eigenvalue weighted by Gasteiger charge is -2.46. The highest BCUT2D eigenvalue weighted by Gasteiger charge is 2.58. The summed E-state index contributed by atoms with van der Waals surface area (Å²) in [5.74, 6) is -1.26. The Morgan fingerprint density at radius 1 is 1.02 bits per heavy atom. The van der Waals surface area contributed by atoms with Crippen LogP contribution in [-0.2, 0) is 25.2 Å². The van der Waals surface area contributed by atoms with Gasteiger partial charge in [-0.1, -0.05) is 99.2 Å². The number of amides is 2. The van der Waals surface area contributed by atoms with Crippen molar-refractivity contribution in [2.24, 2.45) is 17.8 Å². The van der Waals surface area contributed by atoms with Crippen LogP contribution in [0.2, 0.25) is 11.4 Å². The minimum atomic E-state index is -2.97. The van der Waals surface area contributed by atoms with E-state index in [9.17, 15) is 19.7 Å². The molecule has 7 rings (SSSR count). The normalized spacial score (nSPS) is 21.7. The van der Waals surface area contributed by atoms with Crippen molar-refractivity contribution in [1.82, 2.24) is 4.90 Å². The van der Waals surface area contributed by atoms with Crippen molar-refractivity contribution in [3.05, 3.63) is 121 Å². The van der Waals surface area contributed by atoms with Crippen molar-refractivity contribution in [2.45, 2.75) is 71.0 Å². The first-order valence-electron chi connectivity index (χ1n) is 19.2. The third kappa shape index (κ3) is 7.85. The summed E-state index contributed by atoms with van der Waals surface area (Å²) < 4.78 is 20.0. The highest BCUT2D eigenvalue weighted by molar-refractivity contribution is 14.1. The zero-order valence-electron chi connectivity index (χ0n) is 32.5. The number of carbonyl (C=O) groups is 2. The van der Waals surface area contributed by atoms with E-state index in [1.807, 2.05) is 41.8 Å². The van der Waals surface area contributed by atoms with Crippen LogP contribution in [0.25, 0.3) is 6.08 Å². The largest absolute Gasteiger partial charge is 0.504 e. The van der Waals surface area contributed by atoms with Crippen LogP contribution in [0.1, 0.15) is 57.4 Å². The van der Waals surface area contributed by atoms with Gasteiger partial charge in [0.2, 0.25) is 11.8 Å². The van der Waals surface area contributed by atoms with E-state index in [1.165, 1.54) is 23.3 Å². The number of carbonyl (C=O) groups excluding carboxylic acids is 2. The van der Waals surface area contributed by atoms with Crippen LogP contribution in [0.4, 0.5) is 0 Å². The van der Waals surface area contributed by atoms with Crippen molar-refractivity contribution in [2.75, 3.05) is 13.7 Å². The Labute approximate surface area is 349 Å². The standard InChI is InChI=1S/C44H49BINO7SSi/c1-28(21-29-22-36(46)41(48)38(23-29)52-5)18-19-37-39-30(27-53-56(44(2,3)4,32-14-8-6-9-15-32)33-16-10-7-11-17-33)24-34-40(35(39)25-45(51)54-37)43(50)47(42(34)49)26-31-13-12-20-55-31/h6-17,20-23,34-35,37,40,48,51H,18-19,24-27H2,1-5H3/b28-21+/t34-,35+,37-,40-/m1/s1. The molecule has 3 heterocycles. The van der Waals surface area contributed by atoms with Crippen molar-refractivity contribution in [3.63, 3.8) is 0 Å². The van der Waals surface area contributed by atoms with Crippen LogP contribution in [-0.4, -0.2) is 62.1 Å². The Morgan fingerprint density at radius 3 is 2.30 bits per heavy atom. The topological polar surface area (TPSA) is 106 Å². The number of phenolic OH excluding ortho intramolecular Hbond substituents is 1. The van der Waals surface area contributed by atoms with Gasteiger partial charge in [0.25, 0.3) is 8.32 Å². The summed E-state index contributed by atoms with van der Waals surface area (Å²) in [5.41, 5.74) is 3.99. The first kappa shape index (κ1) is 40.7. The minimum Gasteiger partial charge on any atom is -0.504 e. The van der Waals surface area contributed by atoms with E-state index in [0.29, 0.717) is 28.6 Å². The molecule has 292 valence electrons. The SMILES string of the molecule is COc1cc(/C=C(\C)CC[C@H]2OB(O)C[C@H]3C2=C(CO[Si](c2ccccc2)(c2ccccc2)C(C)(C)C)C[C@H]2C(=O)N(Cc4cccs4)C(=O)[C@H]23)cc(I)c1O. The molecule has 4 atom stereocenters. The summed E-state index contributed by atoms with van der Waals surface area (Å²) in [6, 6.07) is 28.6. The molecule has 8 nitrogen and oxygen atoms in total. The number of halogens is 1. The first-order valence-corrected chi connectivity index (χ1v) is 23.1. The molecule has 2 aliphatic heterocycles. The second-order valence-corrected chi connectivity index (χ2v) is 22.7. The smallest absolute Gasteiger partial charge is 0.455 e. The van der Waals surface area contributed by atoms with Gasteiger partial charge in [-0.25, -0.2) is 0 Å². The average Bonchev–Trinajstić information content (AvgIpc) is 3.78. The monoisotopic (exact) mass is 901 g/mol. The molecule has 3 aromatic carbocycles. The maximum atomic E-state index is 14.3. The Balaban J connectivity index is 1.28. The van der Waals surface area contributed by atoms with Gasteiger partial charge < -0.3 is 23.9 Å². The molecule has 2 fully saturated rings. The molecule has 12 heteroatoms. The second kappa shape index (κ2) is 16.8. The summed E-state index contributed by atoms with van der Waals surface area (Å²) in [6.45, 7) is 9.35. The number of allylic oxidation sites excluding steroid dienone is 1. The number of rotatable bonds is 12. The summed E-state index contributed by atoms with van der Waals surface area (Å²) in [6.07, 6.45) is 3.45. The number of benzene rings is 3. The number of methoxy groups -OCH3 is 1. The number of aromatic hydroxyl groups is 1. The molecule has 56 heavy (non-hydrogen) atoms. The van der Waals surface area contributed by atoms with Gasteiger partial charge in [0.05, 0.1) is 41.8 Å². The lowest BCUT2D eigenvalue weighted by atomic mass is 9.58. The molecule has 2 saturated heterocycles. The second-order valence-electron chi connectivity index (χ2n) is 16.2. The third-order valence-corrected chi connectivity index (χ3v) is 18.3. The van der Waals surface area contributed by atoms with Crippen molar-refractivity contribution in [1.29, 1.82) is 0 Å². The lowest BCUT2D eigenvalue weighted by Crippen LogP contribution is -2.66. The molecule has 0 saturated carbocycles. The van der Waals surface area contributed by atoms with Gasteiger partial charge in [-0.3, -0.25) is 14.5 Å². The molecule has 0 bridgehead atoms. The molecule has 2 amide bonds. The molecule has 2 N–H and O–H groups in total. The molecule has 1 aliphatic carbocycles. The summed E-state index contributed by atoms with van der Waals surface area (Å²) in [4.78, 5) is 31.0. The van der Waals surface area contributed by atoms with Crippen LogP contribution >= 0.6 is 33.9 Å². The van der Waals surface area contributed by atoms with Gasteiger partial charge in [-0.15, -0.1) is 11.3 Å². The van der Waals surface area contributed by atoms with Gasteiger partial charge in [0.1, 0.15) is 0 Å². The molecule has 3 aliphatic rings. The van der Waals surface area contributed by atoms with Crippen LogP contribution < -0.4 is 15.1 Å². The van der Waals surface area contributed by atoms with E-state index < -0.39 is 33.4 Å². The zero-order valence-corrected chi connectivity index (χ0v) is 36.5. The summed E-state index contributed by atoms with van der Waals surface area (Å²) >= 11 is 3.63. The van der Waals surface area contributed by atoms with E-state index in [-0.39, 0.29) is 48.0 Å². The van der Waals surface area contributed by atoms with Crippen LogP contribution in [0.5, 0.6) is 11.5 Å². The number of nitrogens with zero attached hydrogens (tertiary/aromatic N) is 1. The maximum Gasteiger partial charge on any atom is 0.455 e. The van der Waals surface area contributed by atoms with E-state index in [0.717, 1.165) is 37.5 Å². The Bertz CT molecular complexity index is 2080. The number of likely N-dealkylation sites (tertiary alicyclic amines) is 1. The van der Waals surface area contributed by atoms with Gasteiger partial charge >= 0.3 is 7.12 Å². The first-order chi connectivity index (χ1) is 26.8. The molecule has 0 unspecified atom stereocenters. The number of hydrogen-bond donors (Lipinski definition) is 2. The Kier molecular flexibility index (Phi) is 12.2. The average molecular weight is 902 g/mol. The minimum absolute atomic E-state index is 0.114. The number of imide groups is 1. The van der Waals surface area contributed by atoms with E-state index in [4.69, 9.17) is 13.8 Å². The van der Waals surface area contributed by atoms with Crippen molar-refractivity contribution >= 4 is 77.6 Å². The van der Waals surface area contributed by atoms with Crippen molar-refractivity contribution in [3.8, 4) is 11.5 Å². The van der Waals surface area contributed by atoms with Crippen molar-refractivity contribution < 1.29 is 33.5 Å². The Hall–Kier alpha value is -3.53. The predicted molar refractivity (Wildman–Crippen MR) is 233 cm³/mol. The van der Waals surface area contributed by atoms with Crippen LogP contribution in [0, 0.1) is 21.3 Å². The van der Waals surface area contributed by atoms with Crippen LogP contribution in [0.3, 0.4) is 0 Å². The fraction of sp³-hybridized carbons (Fsp3) is 0.364. The van der Waals surface area contributed by atoms with Crippen LogP contribution in [0.15, 0.2) is 107 Å². The van der Waals surface area contributed by atoms with E-state index in [2.05, 4.69) is 105 Å². The van der Waals surface area contributed by atoms with Gasteiger partial charge in [0, 0.05) is 4.88 Å². The summed E-state index contributed by atoms with van der Waals surface area (Å²) in [5, 5.41) is 25.7.